The lowest BCUT2D eigenvalue weighted by Crippen LogP contribution is -1.97. The molecular formula is C23H19ClN3O2. The number of hydrogen-bond donors (Lipinski definition) is 3. The number of nitrogens with two attached hydrogens (primary N) is 1. The average Bonchev–Trinajstić information content (AvgIpc) is 2.76. The molecule has 0 atom stereocenters. The van der Waals surface area contributed by atoms with E-state index in [-0.39, 0.29) is 10.8 Å². The summed E-state index contributed by atoms with van der Waals surface area (Å²) in [7, 11) is 1.49. The zero-order valence-electron chi connectivity index (χ0n) is 15.7. The molecule has 0 fully saturated rings. The number of pyridine rings is 1. The van der Waals surface area contributed by atoms with Crippen LogP contribution in [0.1, 0.15) is 5.56 Å². The van der Waals surface area contributed by atoms with E-state index in [1.54, 1.807) is 18.3 Å². The molecule has 0 saturated carbocycles. The topological polar surface area (TPSA) is 80.4 Å². The van der Waals surface area contributed by atoms with Crippen LogP contribution >= 0.6 is 11.6 Å². The van der Waals surface area contributed by atoms with Gasteiger partial charge >= 0.3 is 0 Å². The Morgan fingerprint density at radius 3 is 2.62 bits per heavy atom. The van der Waals surface area contributed by atoms with E-state index in [9.17, 15) is 5.11 Å². The van der Waals surface area contributed by atoms with Crippen molar-refractivity contribution < 1.29 is 9.84 Å². The van der Waals surface area contributed by atoms with Crippen LogP contribution in [0.15, 0.2) is 60.8 Å². The number of rotatable bonds is 5. The van der Waals surface area contributed by atoms with Gasteiger partial charge in [0.25, 0.3) is 0 Å². The summed E-state index contributed by atoms with van der Waals surface area (Å²) in [4.78, 5) is 4.41. The maximum absolute atomic E-state index is 10.00. The Kier molecular flexibility index (Phi) is 5.25. The second kappa shape index (κ2) is 7.99. The molecular weight excluding hydrogens is 386 g/mol. The molecule has 4 N–H and O–H groups in total. The number of halogens is 1. The molecule has 3 aromatic carbocycles. The second-order valence-corrected chi connectivity index (χ2v) is 6.95. The normalized spacial score (nSPS) is 10.9. The molecule has 0 bridgehead atoms. The third-order valence-electron chi connectivity index (χ3n) is 4.72. The number of fused-ring (bicyclic) bond motifs is 1. The van der Waals surface area contributed by atoms with Crippen LogP contribution in [0, 0.1) is 6.07 Å². The first-order chi connectivity index (χ1) is 14.1. The molecule has 6 heteroatoms. The van der Waals surface area contributed by atoms with Crippen molar-refractivity contribution in [3.63, 3.8) is 0 Å². The Bertz CT molecular complexity index is 1180. The molecule has 1 aromatic heterocycles. The van der Waals surface area contributed by atoms with Crippen LogP contribution in [0.25, 0.3) is 22.0 Å². The van der Waals surface area contributed by atoms with Gasteiger partial charge in [-0.05, 0) is 53.1 Å². The maximum Gasteiger partial charge on any atom is 0.176 e. The minimum Gasteiger partial charge on any atom is -0.503 e. The minimum atomic E-state index is -0.0722. The summed E-state index contributed by atoms with van der Waals surface area (Å²) < 4.78 is 5.22. The van der Waals surface area contributed by atoms with Gasteiger partial charge in [0.15, 0.2) is 11.5 Å². The first-order valence-corrected chi connectivity index (χ1v) is 9.40. The number of ether oxygens (including phenoxy) is 1. The zero-order valence-corrected chi connectivity index (χ0v) is 16.5. The van der Waals surface area contributed by atoms with Gasteiger partial charge in [-0.2, -0.15) is 0 Å². The van der Waals surface area contributed by atoms with E-state index in [2.05, 4.69) is 16.4 Å². The van der Waals surface area contributed by atoms with Crippen molar-refractivity contribution >= 4 is 33.9 Å². The lowest BCUT2D eigenvalue weighted by molar-refractivity contribution is 0.374. The van der Waals surface area contributed by atoms with Crippen LogP contribution < -0.4 is 15.8 Å². The summed E-state index contributed by atoms with van der Waals surface area (Å²) >= 11 is 6.16. The van der Waals surface area contributed by atoms with Crippen LogP contribution in [0.5, 0.6) is 11.5 Å². The molecule has 1 radical (unpaired) electrons. The van der Waals surface area contributed by atoms with Crippen molar-refractivity contribution in [1.82, 2.24) is 4.98 Å². The Hall–Kier alpha value is -3.28. The molecule has 0 aliphatic rings. The summed E-state index contributed by atoms with van der Waals surface area (Å²) in [6.45, 7) is 0.507. The number of phenolic OH excluding ortho intramolecular Hbond substituents is 1. The van der Waals surface area contributed by atoms with Crippen molar-refractivity contribution in [2.75, 3.05) is 12.4 Å². The van der Waals surface area contributed by atoms with E-state index < -0.39 is 0 Å². The number of phenols is 1. The number of nitrogens with one attached hydrogen (secondary N) is 1. The van der Waals surface area contributed by atoms with Gasteiger partial charge in [-0.25, -0.2) is 0 Å². The number of aromatic hydroxyl groups is 1. The minimum absolute atomic E-state index is 0.0722. The highest BCUT2D eigenvalue weighted by atomic mass is 35.5. The molecule has 0 spiro atoms. The summed E-state index contributed by atoms with van der Waals surface area (Å²) in [6.07, 6.45) is 1.65. The highest BCUT2D eigenvalue weighted by Gasteiger charge is 2.12. The molecule has 1 heterocycles. The van der Waals surface area contributed by atoms with E-state index in [4.69, 9.17) is 22.1 Å². The fraction of sp³-hybridized carbons (Fsp3) is 0.0870. The number of hydrogen-bond acceptors (Lipinski definition) is 5. The summed E-state index contributed by atoms with van der Waals surface area (Å²) in [6, 6.07) is 20.5. The zero-order chi connectivity index (χ0) is 20.4. The molecule has 4 aromatic rings. The predicted octanol–water partition coefficient (Wildman–Crippen LogP) is 5.27. The Labute approximate surface area is 173 Å². The predicted molar refractivity (Wildman–Crippen MR) is 117 cm³/mol. The number of nitrogens with zero attached hydrogens (tertiary/aromatic N) is 1. The van der Waals surface area contributed by atoms with E-state index in [1.807, 2.05) is 42.5 Å². The first kappa shape index (κ1) is 19.1. The van der Waals surface area contributed by atoms with Gasteiger partial charge in [-0.15, -0.1) is 0 Å². The van der Waals surface area contributed by atoms with Crippen molar-refractivity contribution in [3.8, 4) is 22.6 Å². The fourth-order valence-electron chi connectivity index (χ4n) is 3.14. The first-order valence-electron chi connectivity index (χ1n) is 9.02. The van der Waals surface area contributed by atoms with E-state index >= 15 is 0 Å². The lowest BCUT2D eigenvalue weighted by Gasteiger charge is -2.12. The highest BCUT2D eigenvalue weighted by Crippen LogP contribution is 2.39. The van der Waals surface area contributed by atoms with Crippen LogP contribution in [0.2, 0.25) is 5.02 Å². The molecule has 0 amide bonds. The molecule has 5 nitrogen and oxygen atoms in total. The number of benzene rings is 3. The SMILES string of the molecule is COc1cc(-c2ccc3nc[c]c(Nc4ccc(CN)cc4)c3c2)cc(Cl)c1O. The second-order valence-electron chi connectivity index (χ2n) is 6.54. The van der Waals surface area contributed by atoms with Gasteiger partial charge in [-0.3, -0.25) is 4.98 Å². The van der Waals surface area contributed by atoms with Crippen LogP contribution in [0.3, 0.4) is 0 Å². The van der Waals surface area contributed by atoms with E-state index in [0.717, 1.165) is 39.0 Å². The molecule has 4 rings (SSSR count). The van der Waals surface area contributed by atoms with Gasteiger partial charge in [0.1, 0.15) is 0 Å². The molecule has 0 aliphatic carbocycles. The van der Waals surface area contributed by atoms with Crippen LogP contribution in [-0.2, 0) is 6.54 Å². The molecule has 29 heavy (non-hydrogen) atoms. The van der Waals surface area contributed by atoms with Gasteiger partial charge in [0, 0.05) is 29.9 Å². The molecule has 0 unspecified atom stereocenters. The standard InChI is InChI=1S/C23H19ClN3O2/c1-29-22-12-16(11-19(24)23(22)28)15-4-7-20-18(10-15)21(8-9-26-20)27-17-5-2-14(13-25)3-6-17/h2-7,9-12,28H,13,25H2,1H3,(H,26,27). The number of aromatic nitrogens is 1. The molecule has 0 saturated heterocycles. The van der Waals surface area contributed by atoms with E-state index in [1.165, 1.54) is 7.11 Å². The fourth-order valence-corrected chi connectivity index (χ4v) is 3.35. The van der Waals surface area contributed by atoms with Crippen molar-refractivity contribution in [2.45, 2.75) is 6.54 Å². The van der Waals surface area contributed by atoms with Gasteiger partial charge in [0.05, 0.1) is 23.3 Å². The summed E-state index contributed by atoms with van der Waals surface area (Å²) in [5.74, 6) is 0.251. The number of anilines is 2. The van der Waals surface area contributed by atoms with Gasteiger partial charge in [-0.1, -0.05) is 29.8 Å². The van der Waals surface area contributed by atoms with Crippen molar-refractivity contribution in [1.29, 1.82) is 0 Å². The third-order valence-corrected chi connectivity index (χ3v) is 5.01. The highest BCUT2D eigenvalue weighted by molar-refractivity contribution is 6.32. The Morgan fingerprint density at radius 1 is 1.10 bits per heavy atom. The Morgan fingerprint density at radius 2 is 1.90 bits per heavy atom. The molecule has 145 valence electrons. The van der Waals surface area contributed by atoms with Gasteiger partial charge in [0.2, 0.25) is 0 Å². The maximum atomic E-state index is 10.00. The monoisotopic (exact) mass is 404 g/mol. The molecule has 0 aliphatic heterocycles. The van der Waals surface area contributed by atoms with Crippen molar-refractivity contribution in [3.05, 3.63) is 77.4 Å². The largest absolute Gasteiger partial charge is 0.503 e. The quantitative estimate of drug-likeness (QED) is 0.422. The summed E-state index contributed by atoms with van der Waals surface area (Å²) in [5.41, 5.74) is 11.1. The smallest absolute Gasteiger partial charge is 0.176 e. The lowest BCUT2D eigenvalue weighted by atomic mass is 10.0. The van der Waals surface area contributed by atoms with E-state index in [0.29, 0.717) is 12.3 Å². The summed E-state index contributed by atoms with van der Waals surface area (Å²) in [5, 5.41) is 14.5. The van der Waals surface area contributed by atoms with Crippen molar-refractivity contribution in [2.24, 2.45) is 5.73 Å². The van der Waals surface area contributed by atoms with Crippen LogP contribution in [0.4, 0.5) is 11.4 Å². The average molecular weight is 405 g/mol. The van der Waals surface area contributed by atoms with Crippen LogP contribution in [-0.4, -0.2) is 17.2 Å². The third kappa shape index (κ3) is 3.83. The van der Waals surface area contributed by atoms with Gasteiger partial charge < -0.3 is 20.9 Å². The number of methoxy groups -OCH3 is 1. The Balaban J connectivity index is 1.77.